The van der Waals surface area contributed by atoms with Gasteiger partial charge < -0.3 is 19.8 Å². The van der Waals surface area contributed by atoms with E-state index in [-0.39, 0.29) is 18.6 Å². The van der Waals surface area contributed by atoms with Gasteiger partial charge >= 0.3 is 0 Å². The molecule has 2 heterocycles. The van der Waals surface area contributed by atoms with E-state index < -0.39 is 6.10 Å². The molecular formula is C22H23N3O3. The Labute approximate surface area is 163 Å². The number of carbonyl (C=O) groups excluding carboxylic acids is 1. The number of nitrogens with zero attached hydrogens (tertiary/aromatic N) is 1. The van der Waals surface area contributed by atoms with Crippen LogP contribution in [0.15, 0.2) is 48.5 Å². The number of para-hydroxylation sites is 4. The fourth-order valence-corrected chi connectivity index (χ4v) is 4.18. The number of rotatable bonds is 3. The highest BCUT2D eigenvalue weighted by Gasteiger charge is 2.31. The third-order valence-electron chi connectivity index (χ3n) is 5.62. The second-order valence-electron chi connectivity index (χ2n) is 7.57. The maximum Gasteiger partial charge on any atom is 0.264 e. The molecular weight excluding hydrogens is 354 g/mol. The average molecular weight is 377 g/mol. The maximum absolute atomic E-state index is 12.7. The van der Waals surface area contributed by atoms with Crippen molar-refractivity contribution in [1.82, 2.24) is 15.3 Å². The zero-order valence-electron chi connectivity index (χ0n) is 15.6. The first-order chi connectivity index (χ1) is 13.8. The van der Waals surface area contributed by atoms with Crippen molar-refractivity contribution in [1.29, 1.82) is 0 Å². The van der Waals surface area contributed by atoms with Crippen LogP contribution in [0.25, 0.3) is 11.0 Å². The third-order valence-corrected chi connectivity index (χ3v) is 5.62. The molecule has 28 heavy (non-hydrogen) atoms. The fourth-order valence-electron chi connectivity index (χ4n) is 4.18. The zero-order valence-corrected chi connectivity index (χ0v) is 15.6. The quantitative estimate of drug-likeness (QED) is 0.732. The molecule has 144 valence electrons. The van der Waals surface area contributed by atoms with Crippen LogP contribution < -0.4 is 14.8 Å². The Morgan fingerprint density at radius 1 is 1.07 bits per heavy atom. The Morgan fingerprint density at radius 3 is 2.79 bits per heavy atom. The van der Waals surface area contributed by atoms with Gasteiger partial charge in [-0.2, -0.15) is 0 Å². The van der Waals surface area contributed by atoms with Gasteiger partial charge in [0.15, 0.2) is 11.5 Å². The molecule has 1 amide bonds. The number of amides is 1. The zero-order chi connectivity index (χ0) is 18.9. The van der Waals surface area contributed by atoms with Crippen molar-refractivity contribution in [3.8, 4) is 11.5 Å². The smallest absolute Gasteiger partial charge is 0.264 e. The molecule has 3 atom stereocenters. The maximum atomic E-state index is 12.7. The molecule has 1 saturated carbocycles. The Morgan fingerprint density at radius 2 is 1.89 bits per heavy atom. The molecule has 6 heteroatoms. The van der Waals surface area contributed by atoms with Crippen molar-refractivity contribution >= 4 is 16.9 Å². The Hall–Kier alpha value is -3.02. The predicted molar refractivity (Wildman–Crippen MR) is 106 cm³/mol. The standard InChI is InChI=1S/C22H23N3O3/c26-22(20-13-27-18-10-3-4-11-19(18)28-20)23-15-7-5-6-14(12-15)21-24-16-8-1-2-9-17(16)25-21/h1-4,8-11,14-15,20H,5-7,12-13H2,(H,23,26)(H,24,25)/t14-,15+,20?/m0/s1. The van der Waals surface area contributed by atoms with Gasteiger partial charge in [0.2, 0.25) is 6.10 Å². The second-order valence-corrected chi connectivity index (χ2v) is 7.57. The highest BCUT2D eigenvalue weighted by Crippen LogP contribution is 2.33. The van der Waals surface area contributed by atoms with Gasteiger partial charge in [0.05, 0.1) is 11.0 Å². The molecule has 0 spiro atoms. The molecule has 1 fully saturated rings. The minimum atomic E-state index is -0.610. The number of hydrogen-bond donors (Lipinski definition) is 2. The molecule has 2 N–H and O–H groups in total. The number of imidazole rings is 1. The number of hydrogen-bond acceptors (Lipinski definition) is 4. The van der Waals surface area contributed by atoms with Gasteiger partial charge in [-0.1, -0.05) is 30.7 Å². The highest BCUT2D eigenvalue weighted by atomic mass is 16.6. The molecule has 1 aliphatic carbocycles. The first-order valence-electron chi connectivity index (χ1n) is 9.90. The van der Waals surface area contributed by atoms with Crippen LogP contribution in [0.2, 0.25) is 0 Å². The highest BCUT2D eigenvalue weighted by molar-refractivity contribution is 5.82. The van der Waals surface area contributed by atoms with E-state index in [0.717, 1.165) is 42.5 Å². The summed E-state index contributed by atoms with van der Waals surface area (Å²) in [6.45, 7) is 0.239. The van der Waals surface area contributed by atoms with Crippen molar-refractivity contribution in [2.75, 3.05) is 6.61 Å². The SMILES string of the molecule is O=C(N[C@@H]1CCC[C@H](c2nc3ccccc3[nH]2)C1)C1COc2ccccc2O1. The van der Waals surface area contributed by atoms with E-state index in [1.165, 1.54) is 0 Å². The van der Waals surface area contributed by atoms with Crippen molar-refractivity contribution in [2.24, 2.45) is 0 Å². The minimum Gasteiger partial charge on any atom is -0.485 e. The fraction of sp³-hybridized carbons (Fsp3) is 0.364. The number of aromatic nitrogens is 2. The van der Waals surface area contributed by atoms with Crippen molar-refractivity contribution < 1.29 is 14.3 Å². The van der Waals surface area contributed by atoms with E-state index in [1.807, 2.05) is 48.5 Å². The number of fused-ring (bicyclic) bond motifs is 2. The van der Waals surface area contributed by atoms with E-state index in [2.05, 4.69) is 10.3 Å². The molecule has 0 radical (unpaired) electrons. The van der Waals surface area contributed by atoms with Gasteiger partial charge in [0.25, 0.3) is 5.91 Å². The van der Waals surface area contributed by atoms with E-state index in [0.29, 0.717) is 17.4 Å². The Kier molecular flexibility index (Phi) is 4.39. The lowest BCUT2D eigenvalue weighted by atomic mass is 9.85. The largest absolute Gasteiger partial charge is 0.485 e. The minimum absolute atomic E-state index is 0.107. The predicted octanol–water partition coefficient (Wildman–Crippen LogP) is 3.55. The number of nitrogens with one attached hydrogen (secondary N) is 2. The van der Waals surface area contributed by atoms with Crippen molar-refractivity contribution in [2.45, 2.75) is 43.7 Å². The number of H-pyrrole nitrogens is 1. The second kappa shape index (κ2) is 7.19. The van der Waals surface area contributed by atoms with Gasteiger partial charge in [0, 0.05) is 12.0 Å². The Balaban J connectivity index is 1.24. The topological polar surface area (TPSA) is 76.2 Å². The first-order valence-corrected chi connectivity index (χ1v) is 9.90. The van der Waals surface area contributed by atoms with Crippen LogP contribution in [-0.4, -0.2) is 34.6 Å². The molecule has 5 rings (SSSR count). The average Bonchev–Trinajstić information content (AvgIpc) is 3.18. The molecule has 2 aromatic carbocycles. The van der Waals surface area contributed by atoms with Crippen LogP contribution in [0.3, 0.4) is 0 Å². The Bertz CT molecular complexity index is 966. The summed E-state index contributed by atoms with van der Waals surface area (Å²) in [6, 6.07) is 15.7. The van der Waals surface area contributed by atoms with Gasteiger partial charge in [-0.25, -0.2) is 4.98 Å². The normalized spacial score (nSPS) is 24.1. The molecule has 1 aliphatic heterocycles. The van der Waals surface area contributed by atoms with Gasteiger partial charge in [-0.3, -0.25) is 4.79 Å². The van der Waals surface area contributed by atoms with Crippen LogP contribution in [0.5, 0.6) is 11.5 Å². The van der Waals surface area contributed by atoms with E-state index in [1.54, 1.807) is 0 Å². The summed E-state index contributed by atoms with van der Waals surface area (Å²) in [5.74, 6) is 2.55. The van der Waals surface area contributed by atoms with Crippen LogP contribution in [-0.2, 0) is 4.79 Å². The molecule has 0 saturated heterocycles. The summed E-state index contributed by atoms with van der Waals surface area (Å²) >= 11 is 0. The number of ether oxygens (including phenoxy) is 2. The molecule has 3 aromatic rings. The van der Waals surface area contributed by atoms with E-state index >= 15 is 0 Å². The number of carbonyl (C=O) groups is 1. The van der Waals surface area contributed by atoms with Crippen LogP contribution >= 0.6 is 0 Å². The molecule has 6 nitrogen and oxygen atoms in total. The third kappa shape index (κ3) is 3.30. The molecule has 2 aliphatic rings. The first kappa shape index (κ1) is 17.1. The lowest BCUT2D eigenvalue weighted by Crippen LogP contribution is -2.48. The van der Waals surface area contributed by atoms with Crippen molar-refractivity contribution in [3.05, 3.63) is 54.4 Å². The summed E-state index contributed by atoms with van der Waals surface area (Å²) in [5.41, 5.74) is 2.06. The molecule has 1 unspecified atom stereocenters. The summed E-state index contributed by atoms with van der Waals surface area (Å²) in [6.07, 6.45) is 3.41. The lowest BCUT2D eigenvalue weighted by molar-refractivity contribution is -0.131. The summed E-state index contributed by atoms with van der Waals surface area (Å²) in [4.78, 5) is 20.9. The van der Waals surface area contributed by atoms with Gasteiger partial charge in [0.1, 0.15) is 12.4 Å². The summed E-state index contributed by atoms with van der Waals surface area (Å²) in [7, 11) is 0. The van der Waals surface area contributed by atoms with Gasteiger partial charge in [-0.05, 0) is 43.5 Å². The van der Waals surface area contributed by atoms with Crippen LogP contribution in [0, 0.1) is 0 Å². The van der Waals surface area contributed by atoms with E-state index in [4.69, 9.17) is 14.5 Å². The number of aromatic amines is 1. The van der Waals surface area contributed by atoms with Crippen LogP contribution in [0.1, 0.15) is 37.4 Å². The molecule has 0 bridgehead atoms. The monoisotopic (exact) mass is 377 g/mol. The van der Waals surface area contributed by atoms with Gasteiger partial charge in [-0.15, -0.1) is 0 Å². The van der Waals surface area contributed by atoms with Crippen molar-refractivity contribution in [3.63, 3.8) is 0 Å². The summed E-state index contributed by atoms with van der Waals surface area (Å²) < 4.78 is 11.5. The van der Waals surface area contributed by atoms with E-state index in [9.17, 15) is 4.79 Å². The lowest BCUT2D eigenvalue weighted by Gasteiger charge is -2.31. The number of benzene rings is 2. The van der Waals surface area contributed by atoms with Crippen LogP contribution in [0.4, 0.5) is 0 Å². The molecule has 1 aromatic heterocycles. The summed E-state index contributed by atoms with van der Waals surface area (Å²) in [5, 5.41) is 3.17.